The van der Waals surface area contributed by atoms with Gasteiger partial charge in [-0.05, 0) is 24.3 Å². The summed E-state index contributed by atoms with van der Waals surface area (Å²) in [6, 6.07) is 13.8. The van der Waals surface area contributed by atoms with Crippen LogP contribution in [0.2, 0.25) is 0 Å². The molecule has 1 aliphatic heterocycles. The molecule has 0 spiro atoms. The minimum absolute atomic E-state index is 0.204. The van der Waals surface area contributed by atoms with E-state index < -0.39 is 5.97 Å². The highest BCUT2D eigenvalue weighted by Gasteiger charge is 2.19. The number of allylic oxidation sites excluding steroid dienone is 1. The van der Waals surface area contributed by atoms with Crippen LogP contribution < -0.4 is 4.74 Å². The van der Waals surface area contributed by atoms with Crippen molar-refractivity contribution in [2.24, 2.45) is 0 Å². The lowest BCUT2D eigenvalue weighted by molar-refractivity contribution is 0.0730. The molecular weight excluding hydrogens is 240 g/mol. The van der Waals surface area contributed by atoms with Crippen LogP contribution in [0.1, 0.15) is 26.3 Å². The van der Waals surface area contributed by atoms with Crippen molar-refractivity contribution >= 4 is 17.8 Å². The Labute approximate surface area is 110 Å². The van der Waals surface area contributed by atoms with Gasteiger partial charge in [0.25, 0.3) is 0 Å². The lowest BCUT2D eigenvalue weighted by Crippen LogP contribution is -2.13. The molecule has 0 saturated carbocycles. The lowest BCUT2D eigenvalue weighted by Gasteiger charge is -2.07. The first kappa shape index (κ1) is 11.4. The molecule has 2 aromatic carbocycles. The fraction of sp³-hybridized carbons (Fsp3) is 0. The summed E-state index contributed by atoms with van der Waals surface area (Å²) in [4.78, 5) is 24.2. The van der Waals surface area contributed by atoms with Gasteiger partial charge in [0.15, 0.2) is 5.78 Å². The van der Waals surface area contributed by atoms with Crippen LogP contribution in [0.15, 0.2) is 54.6 Å². The van der Waals surface area contributed by atoms with E-state index in [4.69, 9.17) is 4.74 Å². The smallest absolute Gasteiger partial charge is 0.344 e. The van der Waals surface area contributed by atoms with Crippen LogP contribution in [0.3, 0.4) is 0 Å². The quantitative estimate of drug-likeness (QED) is 0.533. The van der Waals surface area contributed by atoms with Crippen LogP contribution in [-0.2, 0) is 0 Å². The summed E-state index contributed by atoms with van der Waals surface area (Å²) in [5.41, 5.74) is 1.35. The van der Waals surface area contributed by atoms with Crippen LogP contribution in [0.4, 0.5) is 0 Å². The van der Waals surface area contributed by atoms with Crippen molar-refractivity contribution in [3.05, 3.63) is 71.3 Å². The number of ether oxygens (including phenoxy) is 1. The van der Waals surface area contributed by atoms with E-state index >= 15 is 0 Å². The molecule has 0 aromatic heterocycles. The number of esters is 1. The zero-order valence-electron chi connectivity index (χ0n) is 10.00. The molecule has 1 heterocycles. The highest BCUT2D eigenvalue weighted by Crippen LogP contribution is 2.24. The van der Waals surface area contributed by atoms with Gasteiger partial charge in [0.05, 0.1) is 5.56 Å². The molecule has 19 heavy (non-hydrogen) atoms. The number of hydrogen-bond donors (Lipinski definition) is 0. The van der Waals surface area contributed by atoms with E-state index in [1.807, 2.05) is 6.07 Å². The number of hydrogen-bond acceptors (Lipinski definition) is 3. The third-order valence-corrected chi connectivity index (χ3v) is 2.95. The van der Waals surface area contributed by atoms with Gasteiger partial charge in [-0.15, -0.1) is 0 Å². The molecule has 0 unspecified atom stereocenters. The monoisotopic (exact) mass is 250 g/mol. The summed E-state index contributed by atoms with van der Waals surface area (Å²) < 4.78 is 5.35. The number of benzene rings is 2. The predicted molar refractivity (Wildman–Crippen MR) is 71.2 cm³/mol. The van der Waals surface area contributed by atoms with Crippen molar-refractivity contribution in [2.75, 3.05) is 0 Å². The fourth-order valence-electron chi connectivity index (χ4n) is 2.00. The summed E-state index contributed by atoms with van der Waals surface area (Å²) in [7, 11) is 0. The first-order valence-electron chi connectivity index (χ1n) is 5.88. The van der Waals surface area contributed by atoms with E-state index in [-0.39, 0.29) is 11.3 Å². The average Bonchev–Trinajstić information content (AvgIpc) is 2.50. The first-order chi connectivity index (χ1) is 9.25. The maximum atomic E-state index is 12.1. The van der Waals surface area contributed by atoms with Crippen molar-refractivity contribution in [3.63, 3.8) is 0 Å². The Balaban J connectivity index is 2.19. The summed E-state index contributed by atoms with van der Waals surface area (Å²) in [6.45, 7) is 0. The maximum absolute atomic E-state index is 12.1. The molecule has 92 valence electrons. The molecule has 3 nitrogen and oxygen atoms in total. The Kier molecular flexibility index (Phi) is 2.72. The van der Waals surface area contributed by atoms with Crippen LogP contribution in [0.25, 0.3) is 6.08 Å². The van der Waals surface area contributed by atoms with Crippen molar-refractivity contribution in [2.45, 2.75) is 0 Å². The van der Waals surface area contributed by atoms with Gasteiger partial charge in [-0.2, -0.15) is 0 Å². The molecule has 3 rings (SSSR count). The molecular formula is C16H10O3. The Hall–Kier alpha value is -2.68. The maximum Gasteiger partial charge on any atom is 0.344 e. The molecule has 0 bridgehead atoms. The third-order valence-electron chi connectivity index (χ3n) is 2.95. The summed E-state index contributed by atoms with van der Waals surface area (Å²) >= 11 is 0. The predicted octanol–water partition coefficient (Wildman–Crippen LogP) is 3.12. The van der Waals surface area contributed by atoms with E-state index in [9.17, 15) is 9.59 Å². The van der Waals surface area contributed by atoms with Gasteiger partial charge >= 0.3 is 5.97 Å². The molecule has 0 atom stereocenters. The van der Waals surface area contributed by atoms with Crippen LogP contribution in [0.5, 0.6) is 5.75 Å². The fourth-order valence-corrected chi connectivity index (χ4v) is 2.00. The minimum atomic E-state index is -0.514. The van der Waals surface area contributed by atoms with Crippen LogP contribution >= 0.6 is 0 Å². The molecule has 1 aliphatic rings. The normalized spacial score (nSPS) is 13.7. The zero-order valence-corrected chi connectivity index (χ0v) is 10.00. The number of fused-ring (bicyclic) bond motifs is 2. The molecule has 0 N–H and O–H groups in total. The number of ketones is 1. The van der Waals surface area contributed by atoms with Crippen LogP contribution in [0, 0.1) is 0 Å². The van der Waals surface area contributed by atoms with E-state index in [0.29, 0.717) is 16.9 Å². The van der Waals surface area contributed by atoms with Gasteiger partial charge in [-0.25, -0.2) is 4.79 Å². The Bertz CT molecular complexity index is 699. The van der Waals surface area contributed by atoms with Gasteiger partial charge < -0.3 is 4.74 Å². The number of carbonyl (C=O) groups is 2. The topological polar surface area (TPSA) is 43.4 Å². The molecule has 3 heteroatoms. The second-order valence-electron chi connectivity index (χ2n) is 4.17. The van der Waals surface area contributed by atoms with Gasteiger partial charge in [-0.1, -0.05) is 36.4 Å². The Morgan fingerprint density at radius 1 is 0.737 bits per heavy atom. The molecule has 2 aromatic rings. The third kappa shape index (κ3) is 2.06. The molecule has 0 radical (unpaired) electrons. The SMILES string of the molecule is O=C1C=Cc2ccccc2OC(=O)c2ccccc21. The van der Waals surface area contributed by atoms with Crippen molar-refractivity contribution in [1.82, 2.24) is 0 Å². The second-order valence-corrected chi connectivity index (χ2v) is 4.17. The van der Waals surface area contributed by atoms with E-state index in [1.54, 1.807) is 48.5 Å². The number of rotatable bonds is 0. The lowest BCUT2D eigenvalue weighted by atomic mass is 10.0. The van der Waals surface area contributed by atoms with Crippen LogP contribution in [-0.4, -0.2) is 11.8 Å². The highest BCUT2D eigenvalue weighted by molar-refractivity contribution is 6.13. The minimum Gasteiger partial charge on any atom is -0.422 e. The van der Waals surface area contributed by atoms with Gasteiger partial charge in [0.2, 0.25) is 0 Å². The highest BCUT2D eigenvalue weighted by atomic mass is 16.5. The van der Waals surface area contributed by atoms with Gasteiger partial charge in [-0.3, -0.25) is 4.79 Å². The van der Waals surface area contributed by atoms with E-state index in [2.05, 4.69) is 0 Å². The van der Waals surface area contributed by atoms with E-state index in [1.165, 1.54) is 6.08 Å². The average molecular weight is 250 g/mol. The molecule has 0 fully saturated rings. The first-order valence-corrected chi connectivity index (χ1v) is 5.88. The standard InChI is InChI=1S/C16H10O3/c17-14-10-9-11-5-1-4-8-15(11)19-16(18)13-7-3-2-6-12(13)14/h1-10H. The van der Waals surface area contributed by atoms with E-state index in [0.717, 1.165) is 0 Å². The molecule has 0 aliphatic carbocycles. The van der Waals surface area contributed by atoms with Gasteiger partial charge in [0, 0.05) is 11.1 Å². The molecule has 0 amide bonds. The Morgan fingerprint density at radius 2 is 1.42 bits per heavy atom. The van der Waals surface area contributed by atoms with Crippen molar-refractivity contribution in [1.29, 1.82) is 0 Å². The number of carbonyl (C=O) groups excluding carboxylic acids is 2. The largest absolute Gasteiger partial charge is 0.422 e. The van der Waals surface area contributed by atoms with Crippen molar-refractivity contribution < 1.29 is 14.3 Å². The molecule has 0 saturated heterocycles. The summed E-state index contributed by atoms with van der Waals surface area (Å²) in [6.07, 6.45) is 3.12. The summed E-state index contributed by atoms with van der Waals surface area (Å²) in [5, 5.41) is 0. The Morgan fingerprint density at radius 3 is 2.26 bits per heavy atom. The second kappa shape index (κ2) is 4.53. The van der Waals surface area contributed by atoms with Gasteiger partial charge in [0.1, 0.15) is 5.75 Å². The number of para-hydroxylation sites is 1. The summed E-state index contributed by atoms with van der Waals surface area (Å²) in [5.74, 6) is -0.266. The zero-order chi connectivity index (χ0) is 13.2. The van der Waals surface area contributed by atoms with Crippen molar-refractivity contribution in [3.8, 4) is 5.75 Å².